The van der Waals surface area contributed by atoms with Gasteiger partial charge in [0.25, 0.3) is 5.56 Å². The van der Waals surface area contributed by atoms with Gasteiger partial charge in [-0.15, -0.1) is 0 Å². The third-order valence-electron chi connectivity index (χ3n) is 2.78. The fraction of sp³-hybridized carbons (Fsp3) is 0. The fourth-order valence-corrected chi connectivity index (χ4v) is 2.13. The van der Waals surface area contributed by atoms with Crippen molar-refractivity contribution in [2.24, 2.45) is 0 Å². The number of benzene rings is 1. The van der Waals surface area contributed by atoms with Crippen LogP contribution in [0, 0.1) is 0 Å². The summed E-state index contributed by atoms with van der Waals surface area (Å²) in [4.78, 5) is 16.6. The zero-order valence-electron chi connectivity index (χ0n) is 9.38. The first kappa shape index (κ1) is 11.0. The molecule has 2 heterocycles. The molecule has 2 aromatic heterocycles. The fourth-order valence-electron chi connectivity index (χ4n) is 1.89. The monoisotopic (exact) mass is 256 g/mol. The van der Waals surface area contributed by atoms with Crippen molar-refractivity contribution >= 4 is 17.2 Å². The summed E-state index contributed by atoms with van der Waals surface area (Å²) in [6.45, 7) is 0. The van der Waals surface area contributed by atoms with E-state index in [1.165, 1.54) is 4.40 Å². The number of halogens is 1. The molecule has 0 radical (unpaired) electrons. The number of hydrogen-bond donors (Lipinski definition) is 0. The average molecular weight is 257 g/mol. The second kappa shape index (κ2) is 4.27. The molecule has 3 aromatic rings. The summed E-state index contributed by atoms with van der Waals surface area (Å²) >= 11 is 6.11. The maximum atomic E-state index is 12.3. The van der Waals surface area contributed by atoms with Gasteiger partial charge in [0.2, 0.25) is 0 Å². The van der Waals surface area contributed by atoms with Crippen LogP contribution in [0.4, 0.5) is 0 Å². The second-order valence-corrected chi connectivity index (χ2v) is 4.29. The van der Waals surface area contributed by atoms with Gasteiger partial charge in [0.1, 0.15) is 5.65 Å². The van der Waals surface area contributed by atoms with Crippen LogP contribution in [-0.4, -0.2) is 9.38 Å². The summed E-state index contributed by atoms with van der Waals surface area (Å²) in [6, 6.07) is 12.7. The highest BCUT2D eigenvalue weighted by atomic mass is 35.5. The van der Waals surface area contributed by atoms with Crippen molar-refractivity contribution in [2.45, 2.75) is 0 Å². The van der Waals surface area contributed by atoms with E-state index in [9.17, 15) is 4.79 Å². The van der Waals surface area contributed by atoms with Crippen molar-refractivity contribution in [3.05, 3.63) is 70.2 Å². The topological polar surface area (TPSA) is 34.4 Å². The van der Waals surface area contributed by atoms with Gasteiger partial charge < -0.3 is 0 Å². The molecule has 0 aliphatic rings. The molecule has 4 heteroatoms. The minimum absolute atomic E-state index is 0.117. The zero-order valence-corrected chi connectivity index (χ0v) is 10.1. The maximum Gasteiger partial charge on any atom is 0.265 e. The average Bonchev–Trinajstić information content (AvgIpc) is 2.41. The van der Waals surface area contributed by atoms with Crippen LogP contribution in [0.3, 0.4) is 0 Å². The molecule has 0 N–H and O–H groups in total. The SMILES string of the molecule is O=c1c(-c2ccccc2Cl)cnc2ccccn12. The van der Waals surface area contributed by atoms with Crippen molar-refractivity contribution < 1.29 is 0 Å². The van der Waals surface area contributed by atoms with Crippen LogP contribution in [0.15, 0.2) is 59.7 Å². The highest BCUT2D eigenvalue weighted by Gasteiger charge is 2.09. The number of hydrogen-bond acceptors (Lipinski definition) is 2. The van der Waals surface area contributed by atoms with E-state index < -0.39 is 0 Å². The van der Waals surface area contributed by atoms with Gasteiger partial charge in [0, 0.05) is 23.0 Å². The molecule has 0 unspecified atom stereocenters. The molecule has 0 saturated heterocycles. The van der Waals surface area contributed by atoms with E-state index in [2.05, 4.69) is 4.98 Å². The van der Waals surface area contributed by atoms with Crippen LogP contribution in [0.25, 0.3) is 16.8 Å². The largest absolute Gasteiger partial charge is 0.268 e. The first-order valence-electron chi connectivity index (χ1n) is 5.49. The molecule has 3 nitrogen and oxygen atoms in total. The molecule has 0 aliphatic carbocycles. The molecule has 1 aromatic carbocycles. The molecule has 0 atom stereocenters. The Hall–Kier alpha value is -2.13. The van der Waals surface area contributed by atoms with E-state index in [0.29, 0.717) is 21.8 Å². The normalized spacial score (nSPS) is 10.7. The van der Waals surface area contributed by atoms with Gasteiger partial charge in [-0.05, 0) is 18.2 Å². The van der Waals surface area contributed by atoms with Crippen LogP contribution in [0.2, 0.25) is 5.02 Å². The predicted octanol–water partition coefficient (Wildman–Crippen LogP) is 3.01. The quantitative estimate of drug-likeness (QED) is 0.671. The van der Waals surface area contributed by atoms with Gasteiger partial charge >= 0.3 is 0 Å². The minimum atomic E-state index is -0.117. The number of nitrogens with zero attached hydrogens (tertiary/aromatic N) is 2. The van der Waals surface area contributed by atoms with Crippen LogP contribution in [0.5, 0.6) is 0 Å². The van der Waals surface area contributed by atoms with Gasteiger partial charge in [-0.2, -0.15) is 0 Å². The standard InChI is InChI=1S/C14H9ClN2O/c15-12-6-2-1-5-10(12)11-9-16-13-7-3-4-8-17(13)14(11)18/h1-9H. The molecule has 0 spiro atoms. The molecule has 18 heavy (non-hydrogen) atoms. The second-order valence-electron chi connectivity index (χ2n) is 3.89. The summed E-state index contributed by atoms with van der Waals surface area (Å²) in [5.74, 6) is 0. The molecule has 88 valence electrons. The Morgan fingerprint density at radius 1 is 1.00 bits per heavy atom. The van der Waals surface area contributed by atoms with Crippen molar-refractivity contribution in [2.75, 3.05) is 0 Å². The number of pyridine rings is 1. The number of aromatic nitrogens is 2. The van der Waals surface area contributed by atoms with Gasteiger partial charge in [-0.25, -0.2) is 4.98 Å². The van der Waals surface area contributed by atoms with Gasteiger partial charge in [-0.3, -0.25) is 9.20 Å². The Morgan fingerprint density at radius 3 is 2.61 bits per heavy atom. The van der Waals surface area contributed by atoms with Crippen molar-refractivity contribution in [3.8, 4) is 11.1 Å². The zero-order chi connectivity index (χ0) is 12.5. The van der Waals surface area contributed by atoms with Crippen LogP contribution < -0.4 is 5.56 Å². The molecule has 0 saturated carbocycles. The minimum Gasteiger partial charge on any atom is -0.268 e. The smallest absolute Gasteiger partial charge is 0.265 e. The van der Waals surface area contributed by atoms with Gasteiger partial charge in [0.15, 0.2) is 0 Å². The third-order valence-corrected chi connectivity index (χ3v) is 3.11. The molecular weight excluding hydrogens is 248 g/mol. The molecule has 0 fully saturated rings. The highest BCUT2D eigenvalue weighted by molar-refractivity contribution is 6.33. The summed E-state index contributed by atoms with van der Waals surface area (Å²) in [6.07, 6.45) is 3.27. The lowest BCUT2D eigenvalue weighted by Gasteiger charge is -2.05. The lowest BCUT2D eigenvalue weighted by molar-refractivity contribution is 1.05. The summed E-state index contributed by atoms with van der Waals surface area (Å²) in [5.41, 5.74) is 1.71. The molecule has 0 amide bonds. The van der Waals surface area contributed by atoms with Crippen LogP contribution in [0.1, 0.15) is 0 Å². The van der Waals surface area contributed by atoms with E-state index in [4.69, 9.17) is 11.6 Å². The molecule has 0 bridgehead atoms. The van der Waals surface area contributed by atoms with E-state index in [-0.39, 0.29) is 5.56 Å². The first-order valence-corrected chi connectivity index (χ1v) is 5.86. The Kier molecular flexibility index (Phi) is 2.61. The Bertz CT molecular complexity index is 780. The lowest BCUT2D eigenvalue weighted by atomic mass is 10.1. The van der Waals surface area contributed by atoms with Crippen LogP contribution >= 0.6 is 11.6 Å². The first-order chi connectivity index (χ1) is 8.77. The van der Waals surface area contributed by atoms with Gasteiger partial charge in [-0.1, -0.05) is 35.9 Å². The van der Waals surface area contributed by atoms with E-state index >= 15 is 0 Å². The number of fused-ring (bicyclic) bond motifs is 1. The lowest BCUT2D eigenvalue weighted by Crippen LogP contribution is -2.16. The summed E-state index contributed by atoms with van der Waals surface area (Å²) in [7, 11) is 0. The highest BCUT2D eigenvalue weighted by Crippen LogP contribution is 2.24. The number of rotatable bonds is 1. The molecular formula is C14H9ClN2O. The van der Waals surface area contributed by atoms with E-state index in [1.54, 1.807) is 30.6 Å². The van der Waals surface area contributed by atoms with Crippen molar-refractivity contribution in [1.29, 1.82) is 0 Å². The van der Waals surface area contributed by atoms with Crippen molar-refractivity contribution in [1.82, 2.24) is 9.38 Å². The Morgan fingerprint density at radius 2 is 1.78 bits per heavy atom. The third kappa shape index (κ3) is 1.69. The summed E-state index contributed by atoms with van der Waals surface area (Å²) < 4.78 is 1.51. The Labute approximate surface area is 108 Å². The van der Waals surface area contributed by atoms with E-state index in [1.807, 2.05) is 24.3 Å². The molecule has 0 aliphatic heterocycles. The Balaban J connectivity index is 2.35. The maximum absolute atomic E-state index is 12.3. The van der Waals surface area contributed by atoms with Crippen molar-refractivity contribution in [3.63, 3.8) is 0 Å². The molecule has 3 rings (SSSR count). The van der Waals surface area contributed by atoms with Crippen LogP contribution in [-0.2, 0) is 0 Å². The predicted molar refractivity (Wildman–Crippen MR) is 71.9 cm³/mol. The summed E-state index contributed by atoms with van der Waals surface area (Å²) in [5, 5.41) is 0.548. The van der Waals surface area contributed by atoms with Gasteiger partial charge in [0.05, 0.1) is 5.56 Å². The van der Waals surface area contributed by atoms with E-state index in [0.717, 1.165) is 0 Å².